The highest BCUT2D eigenvalue weighted by Gasteiger charge is 2.04. The van der Waals surface area contributed by atoms with Crippen LogP contribution in [0.3, 0.4) is 0 Å². The summed E-state index contributed by atoms with van der Waals surface area (Å²) in [5.74, 6) is 0.391. The zero-order chi connectivity index (χ0) is 14.7. The molecule has 1 heterocycles. The Morgan fingerprint density at radius 1 is 1.05 bits per heavy atom. The standard InChI is InChI=1S/C15H9Cl2N3O/c16-11-6-5-10(13(17)7-11)8-20-21-15-12-3-1-2-4-14(12)18-9-19-15/h1-9H. The minimum Gasteiger partial charge on any atom is -0.336 e. The van der Waals surface area contributed by atoms with Gasteiger partial charge in [-0.3, -0.25) is 0 Å². The number of benzene rings is 2. The van der Waals surface area contributed by atoms with Gasteiger partial charge in [-0.05, 0) is 24.3 Å². The van der Waals surface area contributed by atoms with E-state index in [-0.39, 0.29) is 0 Å². The first-order valence-electron chi connectivity index (χ1n) is 6.09. The summed E-state index contributed by atoms with van der Waals surface area (Å²) in [6.45, 7) is 0. The smallest absolute Gasteiger partial charge is 0.259 e. The Bertz CT molecular complexity index is 816. The molecule has 0 amide bonds. The monoisotopic (exact) mass is 317 g/mol. The van der Waals surface area contributed by atoms with Gasteiger partial charge >= 0.3 is 0 Å². The molecule has 3 rings (SSSR count). The molecule has 0 fully saturated rings. The third-order valence-corrected chi connectivity index (χ3v) is 3.36. The highest BCUT2D eigenvalue weighted by molar-refractivity contribution is 6.36. The third kappa shape index (κ3) is 3.12. The predicted octanol–water partition coefficient (Wildman–Crippen LogP) is 4.35. The zero-order valence-corrected chi connectivity index (χ0v) is 12.2. The quantitative estimate of drug-likeness (QED) is 0.533. The van der Waals surface area contributed by atoms with Crippen LogP contribution in [0.25, 0.3) is 10.9 Å². The maximum atomic E-state index is 6.05. The van der Waals surface area contributed by atoms with Crippen LogP contribution in [0, 0.1) is 0 Å². The van der Waals surface area contributed by atoms with Crippen LogP contribution in [0.2, 0.25) is 10.0 Å². The van der Waals surface area contributed by atoms with Gasteiger partial charge in [0.25, 0.3) is 5.88 Å². The molecular weight excluding hydrogens is 309 g/mol. The molecule has 0 N–H and O–H groups in total. The summed E-state index contributed by atoms with van der Waals surface area (Å²) < 4.78 is 0. The minimum absolute atomic E-state index is 0.391. The number of para-hydroxylation sites is 1. The van der Waals surface area contributed by atoms with Gasteiger partial charge in [0.15, 0.2) is 0 Å². The van der Waals surface area contributed by atoms with Crippen molar-refractivity contribution in [2.24, 2.45) is 5.16 Å². The molecule has 3 aromatic rings. The van der Waals surface area contributed by atoms with Crippen LogP contribution in [0.15, 0.2) is 53.9 Å². The molecule has 0 saturated heterocycles. The Balaban J connectivity index is 1.84. The lowest BCUT2D eigenvalue weighted by Crippen LogP contribution is -1.92. The van der Waals surface area contributed by atoms with Crippen molar-refractivity contribution in [1.82, 2.24) is 9.97 Å². The Morgan fingerprint density at radius 2 is 1.90 bits per heavy atom. The molecule has 0 aliphatic carbocycles. The number of nitrogens with zero attached hydrogens (tertiary/aromatic N) is 3. The molecule has 4 nitrogen and oxygen atoms in total. The number of aromatic nitrogens is 2. The first kappa shape index (κ1) is 13.8. The van der Waals surface area contributed by atoms with E-state index < -0.39 is 0 Å². The van der Waals surface area contributed by atoms with Crippen molar-refractivity contribution < 1.29 is 4.84 Å². The van der Waals surface area contributed by atoms with Crippen molar-refractivity contribution in [3.8, 4) is 5.88 Å². The predicted molar refractivity (Wildman–Crippen MR) is 84.2 cm³/mol. The fourth-order valence-corrected chi connectivity index (χ4v) is 2.25. The molecule has 1 aromatic heterocycles. The molecule has 0 unspecified atom stereocenters. The van der Waals surface area contributed by atoms with Crippen LogP contribution in [0.5, 0.6) is 5.88 Å². The fourth-order valence-electron chi connectivity index (χ4n) is 1.79. The first-order chi connectivity index (χ1) is 10.2. The Kier molecular flexibility index (Phi) is 3.99. The van der Waals surface area contributed by atoms with Crippen molar-refractivity contribution in [3.63, 3.8) is 0 Å². The van der Waals surface area contributed by atoms with Gasteiger partial charge in [-0.2, -0.15) is 4.98 Å². The molecule has 0 bridgehead atoms. The van der Waals surface area contributed by atoms with E-state index in [9.17, 15) is 0 Å². The van der Waals surface area contributed by atoms with E-state index in [1.165, 1.54) is 12.5 Å². The molecule has 0 saturated carbocycles. The zero-order valence-electron chi connectivity index (χ0n) is 10.7. The van der Waals surface area contributed by atoms with Crippen LogP contribution >= 0.6 is 23.2 Å². The number of hydrogen-bond donors (Lipinski definition) is 0. The number of oxime groups is 1. The average molecular weight is 318 g/mol. The molecular formula is C15H9Cl2N3O. The van der Waals surface area contributed by atoms with Crippen LogP contribution in [0.4, 0.5) is 0 Å². The summed E-state index contributed by atoms with van der Waals surface area (Å²) in [5, 5.41) is 5.77. The van der Waals surface area contributed by atoms with E-state index in [1.54, 1.807) is 18.2 Å². The lowest BCUT2D eigenvalue weighted by atomic mass is 10.2. The summed E-state index contributed by atoms with van der Waals surface area (Å²) in [6.07, 6.45) is 2.94. The maximum Gasteiger partial charge on any atom is 0.259 e. The molecule has 0 radical (unpaired) electrons. The lowest BCUT2D eigenvalue weighted by molar-refractivity contribution is 0.334. The van der Waals surface area contributed by atoms with Gasteiger partial charge in [0, 0.05) is 10.6 Å². The summed E-state index contributed by atoms with van der Waals surface area (Å²) in [6, 6.07) is 12.7. The molecule has 6 heteroatoms. The first-order valence-corrected chi connectivity index (χ1v) is 6.85. The van der Waals surface area contributed by atoms with Crippen molar-refractivity contribution in [2.45, 2.75) is 0 Å². The number of halogens is 2. The van der Waals surface area contributed by atoms with Crippen molar-refractivity contribution in [2.75, 3.05) is 0 Å². The summed E-state index contributed by atoms with van der Waals surface area (Å²) >= 11 is 11.9. The largest absolute Gasteiger partial charge is 0.336 e. The number of fused-ring (bicyclic) bond motifs is 1. The van der Waals surface area contributed by atoms with Crippen LogP contribution < -0.4 is 4.84 Å². The van der Waals surface area contributed by atoms with Crippen LogP contribution in [-0.2, 0) is 0 Å². The Labute approximate surface area is 131 Å². The molecule has 104 valence electrons. The second-order valence-electron chi connectivity index (χ2n) is 4.19. The van der Waals surface area contributed by atoms with Crippen LogP contribution in [-0.4, -0.2) is 16.2 Å². The van der Waals surface area contributed by atoms with Gasteiger partial charge in [-0.1, -0.05) is 46.6 Å². The van der Waals surface area contributed by atoms with E-state index in [2.05, 4.69) is 15.1 Å². The molecule has 0 atom stereocenters. The maximum absolute atomic E-state index is 6.05. The van der Waals surface area contributed by atoms with E-state index in [0.717, 1.165) is 10.9 Å². The van der Waals surface area contributed by atoms with E-state index in [1.807, 2.05) is 24.3 Å². The highest BCUT2D eigenvalue weighted by Crippen LogP contribution is 2.22. The molecule has 2 aromatic carbocycles. The SMILES string of the molecule is Clc1ccc(C=NOc2ncnc3ccccc23)c(Cl)c1. The normalized spacial score (nSPS) is 11.1. The molecule has 0 aliphatic heterocycles. The summed E-state index contributed by atoms with van der Waals surface area (Å²) in [7, 11) is 0. The van der Waals surface area contributed by atoms with Crippen molar-refractivity contribution in [1.29, 1.82) is 0 Å². The average Bonchev–Trinajstić information content (AvgIpc) is 2.50. The van der Waals surface area contributed by atoms with Gasteiger partial charge in [-0.15, -0.1) is 0 Å². The molecule has 21 heavy (non-hydrogen) atoms. The van der Waals surface area contributed by atoms with Crippen molar-refractivity contribution >= 4 is 40.3 Å². The van der Waals surface area contributed by atoms with E-state index >= 15 is 0 Å². The Morgan fingerprint density at radius 3 is 2.76 bits per heavy atom. The second-order valence-corrected chi connectivity index (χ2v) is 5.03. The van der Waals surface area contributed by atoms with Crippen LogP contribution in [0.1, 0.15) is 5.56 Å². The lowest BCUT2D eigenvalue weighted by Gasteiger charge is -2.02. The van der Waals surface area contributed by atoms with E-state index in [0.29, 0.717) is 21.5 Å². The number of hydrogen-bond acceptors (Lipinski definition) is 4. The van der Waals surface area contributed by atoms with Gasteiger partial charge in [-0.25, -0.2) is 4.98 Å². The second kappa shape index (κ2) is 6.08. The highest BCUT2D eigenvalue weighted by atomic mass is 35.5. The third-order valence-electron chi connectivity index (χ3n) is 2.80. The molecule has 0 spiro atoms. The van der Waals surface area contributed by atoms with Gasteiger partial charge in [0.2, 0.25) is 0 Å². The summed E-state index contributed by atoms with van der Waals surface area (Å²) in [5.41, 5.74) is 1.50. The van der Waals surface area contributed by atoms with Crippen molar-refractivity contribution in [3.05, 3.63) is 64.4 Å². The topological polar surface area (TPSA) is 47.4 Å². The van der Waals surface area contributed by atoms with Gasteiger partial charge in [0.1, 0.15) is 6.33 Å². The number of rotatable bonds is 3. The minimum atomic E-state index is 0.391. The van der Waals surface area contributed by atoms with E-state index in [4.69, 9.17) is 28.0 Å². The fraction of sp³-hybridized carbons (Fsp3) is 0. The molecule has 0 aliphatic rings. The summed E-state index contributed by atoms with van der Waals surface area (Å²) in [4.78, 5) is 13.6. The Hall–Kier alpha value is -2.17. The van der Waals surface area contributed by atoms with Gasteiger partial charge < -0.3 is 4.84 Å². The van der Waals surface area contributed by atoms with Gasteiger partial charge in [0.05, 0.1) is 22.1 Å².